The van der Waals surface area contributed by atoms with Gasteiger partial charge in [-0.05, 0) is 75.0 Å². The highest BCUT2D eigenvalue weighted by molar-refractivity contribution is 14.1. The maximum atomic E-state index is 13.6. The van der Waals surface area contributed by atoms with E-state index in [0.717, 1.165) is 12.7 Å². The zero-order chi connectivity index (χ0) is 10.8. The molecule has 15 heavy (non-hydrogen) atoms. The van der Waals surface area contributed by atoms with Crippen molar-refractivity contribution in [3.8, 4) is 11.1 Å². The number of hydrogen-bond acceptors (Lipinski definition) is 0. The molecule has 3 heteroatoms. The monoisotopic (exact) mass is 424 g/mol. The van der Waals surface area contributed by atoms with E-state index in [0.29, 0.717) is 5.56 Å². The Morgan fingerprint density at radius 3 is 2.00 bits per heavy atom. The Bertz CT molecular complexity index is 477. The van der Waals surface area contributed by atoms with Crippen LogP contribution < -0.4 is 0 Å². The smallest absolute Gasteiger partial charge is 0.132 e. The number of benzene rings is 2. The lowest BCUT2D eigenvalue weighted by Crippen LogP contribution is -1.85. The van der Waals surface area contributed by atoms with E-state index in [-0.39, 0.29) is 5.82 Å². The lowest BCUT2D eigenvalue weighted by molar-refractivity contribution is 0.630. The average molecular weight is 424 g/mol. The second-order valence-electron chi connectivity index (χ2n) is 3.13. The van der Waals surface area contributed by atoms with E-state index >= 15 is 0 Å². The minimum atomic E-state index is -0.164. The van der Waals surface area contributed by atoms with Crippen LogP contribution in [0, 0.1) is 13.0 Å². The summed E-state index contributed by atoms with van der Waals surface area (Å²) in [5.74, 6) is -0.164. The predicted molar refractivity (Wildman–Crippen MR) is 77.3 cm³/mol. The van der Waals surface area contributed by atoms with Gasteiger partial charge in [-0.3, -0.25) is 0 Å². The van der Waals surface area contributed by atoms with E-state index in [4.69, 9.17) is 0 Å². The van der Waals surface area contributed by atoms with Crippen molar-refractivity contribution in [2.45, 2.75) is 0 Å². The van der Waals surface area contributed by atoms with Gasteiger partial charge in [0, 0.05) is 12.7 Å². The van der Waals surface area contributed by atoms with Gasteiger partial charge in [0.1, 0.15) is 5.82 Å². The molecule has 0 spiro atoms. The van der Waals surface area contributed by atoms with Crippen molar-refractivity contribution in [1.82, 2.24) is 0 Å². The van der Waals surface area contributed by atoms with Crippen LogP contribution >= 0.6 is 45.2 Å². The maximum Gasteiger partial charge on any atom is 0.132 e. The lowest BCUT2D eigenvalue weighted by Gasteiger charge is -2.03. The van der Waals surface area contributed by atoms with Gasteiger partial charge in [0.05, 0.1) is 0 Å². The Morgan fingerprint density at radius 1 is 0.800 bits per heavy atom. The molecule has 0 heterocycles. The van der Waals surface area contributed by atoms with Crippen molar-refractivity contribution in [1.29, 1.82) is 0 Å². The zero-order valence-corrected chi connectivity index (χ0v) is 12.0. The highest BCUT2D eigenvalue weighted by Crippen LogP contribution is 2.24. The summed E-state index contributed by atoms with van der Waals surface area (Å²) in [4.78, 5) is 0. The predicted octanol–water partition coefficient (Wildman–Crippen LogP) is 4.70. The lowest BCUT2D eigenvalue weighted by atomic mass is 10.1. The molecule has 0 radical (unpaired) electrons. The molecule has 0 aliphatic rings. The Kier molecular flexibility index (Phi) is 3.60. The third-order valence-electron chi connectivity index (χ3n) is 2.09. The summed E-state index contributed by atoms with van der Waals surface area (Å²) in [7, 11) is 0. The fraction of sp³-hybridized carbons (Fsp3) is 0. The molecule has 0 aliphatic carbocycles. The summed E-state index contributed by atoms with van der Waals surface area (Å²) in [6.07, 6.45) is 0. The summed E-state index contributed by atoms with van der Waals surface area (Å²) in [5, 5.41) is 0. The minimum Gasteiger partial charge on any atom is -0.206 e. The molecule has 76 valence electrons. The molecule has 0 amide bonds. The summed E-state index contributed by atoms with van der Waals surface area (Å²) in [5.41, 5.74) is 1.58. The molecule has 0 fully saturated rings. The van der Waals surface area contributed by atoms with Crippen LogP contribution in [0.2, 0.25) is 0 Å². The Morgan fingerprint density at radius 2 is 1.40 bits per heavy atom. The summed E-state index contributed by atoms with van der Waals surface area (Å²) >= 11 is 4.34. The van der Waals surface area contributed by atoms with Gasteiger partial charge in [-0.1, -0.05) is 18.2 Å². The van der Waals surface area contributed by atoms with E-state index in [1.54, 1.807) is 6.07 Å². The van der Waals surface area contributed by atoms with E-state index in [1.165, 1.54) is 0 Å². The molecule has 2 rings (SSSR count). The van der Waals surface area contributed by atoms with Crippen molar-refractivity contribution in [3.63, 3.8) is 0 Å². The first-order valence-electron chi connectivity index (χ1n) is 4.38. The largest absolute Gasteiger partial charge is 0.206 e. The first kappa shape index (κ1) is 11.3. The molecule has 0 saturated heterocycles. The molecule has 0 atom stereocenters. The molecule has 0 aliphatic heterocycles. The zero-order valence-electron chi connectivity index (χ0n) is 7.68. The number of halogens is 3. The molecular formula is C12H7FI2. The third kappa shape index (κ3) is 2.69. The second-order valence-corrected chi connectivity index (χ2v) is 5.62. The van der Waals surface area contributed by atoms with E-state index < -0.39 is 0 Å². The van der Waals surface area contributed by atoms with Gasteiger partial charge in [0.25, 0.3) is 0 Å². The fourth-order valence-corrected chi connectivity index (χ4v) is 2.17. The maximum absolute atomic E-state index is 13.6. The molecular weight excluding hydrogens is 417 g/mol. The van der Waals surface area contributed by atoms with Crippen LogP contribution in [0.5, 0.6) is 0 Å². The van der Waals surface area contributed by atoms with Crippen molar-refractivity contribution >= 4 is 45.2 Å². The first-order valence-corrected chi connectivity index (χ1v) is 6.53. The Balaban J connectivity index is 2.49. The molecule has 0 bridgehead atoms. The van der Waals surface area contributed by atoms with E-state index in [9.17, 15) is 4.39 Å². The van der Waals surface area contributed by atoms with Crippen molar-refractivity contribution in [2.75, 3.05) is 0 Å². The van der Waals surface area contributed by atoms with E-state index in [1.807, 2.05) is 36.4 Å². The SMILES string of the molecule is Fc1cc(I)ccc1-c1ccc(I)cc1. The van der Waals surface area contributed by atoms with Gasteiger partial charge in [-0.25, -0.2) is 4.39 Å². The standard InChI is InChI=1S/C12H7FI2/c13-12-7-10(15)5-6-11(12)8-1-3-9(14)4-2-8/h1-7H. The van der Waals surface area contributed by atoms with Crippen LogP contribution in [0.4, 0.5) is 4.39 Å². The highest BCUT2D eigenvalue weighted by atomic mass is 127. The van der Waals surface area contributed by atoms with Gasteiger partial charge < -0.3 is 0 Å². The van der Waals surface area contributed by atoms with Crippen LogP contribution in [0.25, 0.3) is 11.1 Å². The van der Waals surface area contributed by atoms with Gasteiger partial charge in [-0.15, -0.1) is 0 Å². The van der Waals surface area contributed by atoms with Crippen LogP contribution in [0.15, 0.2) is 42.5 Å². The van der Waals surface area contributed by atoms with Crippen LogP contribution in [-0.2, 0) is 0 Å². The Hall–Kier alpha value is -0.170. The first-order chi connectivity index (χ1) is 7.16. The van der Waals surface area contributed by atoms with Crippen molar-refractivity contribution in [2.24, 2.45) is 0 Å². The molecule has 2 aromatic carbocycles. The topological polar surface area (TPSA) is 0 Å². The Labute approximate surface area is 115 Å². The molecule has 0 N–H and O–H groups in total. The second kappa shape index (κ2) is 4.78. The molecule has 0 unspecified atom stereocenters. The van der Waals surface area contributed by atoms with Crippen molar-refractivity contribution in [3.05, 3.63) is 55.4 Å². The van der Waals surface area contributed by atoms with Gasteiger partial charge in [-0.2, -0.15) is 0 Å². The van der Waals surface area contributed by atoms with Crippen LogP contribution in [0.1, 0.15) is 0 Å². The molecule has 0 saturated carbocycles. The normalized spacial score (nSPS) is 10.3. The van der Waals surface area contributed by atoms with Crippen LogP contribution in [-0.4, -0.2) is 0 Å². The summed E-state index contributed by atoms with van der Waals surface area (Å²) in [6.45, 7) is 0. The highest BCUT2D eigenvalue weighted by Gasteiger charge is 2.04. The van der Waals surface area contributed by atoms with Gasteiger partial charge >= 0.3 is 0 Å². The summed E-state index contributed by atoms with van der Waals surface area (Å²) < 4.78 is 15.7. The number of rotatable bonds is 1. The van der Waals surface area contributed by atoms with Crippen molar-refractivity contribution < 1.29 is 4.39 Å². The molecule has 0 aromatic heterocycles. The quantitative estimate of drug-likeness (QED) is 0.583. The number of hydrogen-bond donors (Lipinski definition) is 0. The third-order valence-corrected chi connectivity index (χ3v) is 3.48. The van der Waals surface area contributed by atoms with Gasteiger partial charge in [0.2, 0.25) is 0 Å². The molecule has 0 nitrogen and oxygen atoms in total. The molecule has 2 aromatic rings. The summed E-state index contributed by atoms with van der Waals surface area (Å²) in [6, 6.07) is 13.1. The van der Waals surface area contributed by atoms with Crippen LogP contribution in [0.3, 0.4) is 0 Å². The fourth-order valence-electron chi connectivity index (χ4n) is 1.35. The van der Waals surface area contributed by atoms with Gasteiger partial charge in [0.15, 0.2) is 0 Å². The van der Waals surface area contributed by atoms with E-state index in [2.05, 4.69) is 45.2 Å². The minimum absolute atomic E-state index is 0.164. The average Bonchev–Trinajstić information content (AvgIpc) is 2.20.